The largest absolute Gasteiger partial charge is 0.458 e. The van der Waals surface area contributed by atoms with E-state index in [0.717, 1.165) is 0 Å². The van der Waals surface area contributed by atoms with Gasteiger partial charge in [-0.1, -0.05) is 13.8 Å². The van der Waals surface area contributed by atoms with Crippen LogP contribution in [0.5, 0.6) is 0 Å². The summed E-state index contributed by atoms with van der Waals surface area (Å²) < 4.78 is 41.0. The maximum absolute atomic E-state index is 12.0. The minimum atomic E-state index is -4.50. The minimum absolute atomic E-state index is 0.318. The number of urea groups is 1. The van der Waals surface area contributed by atoms with E-state index >= 15 is 0 Å². The van der Waals surface area contributed by atoms with Crippen molar-refractivity contribution in [2.45, 2.75) is 52.4 Å². The quantitative estimate of drug-likeness (QED) is 0.782. The lowest BCUT2D eigenvalue weighted by Gasteiger charge is -2.26. The number of hydrogen-bond acceptors (Lipinski definition) is 3. The first kappa shape index (κ1) is 18.5. The van der Waals surface area contributed by atoms with Gasteiger partial charge in [-0.15, -0.1) is 0 Å². The first-order chi connectivity index (χ1) is 8.82. The van der Waals surface area contributed by atoms with Gasteiger partial charge in [0.05, 0.1) is 0 Å². The number of alkyl halides is 3. The average Bonchev–Trinajstić information content (AvgIpc) is 2.18. The lowest BCUT2D eigenvalue weighted by atomic mass is 10.0. The van der Waals surface area contributed by atoms with Crippen LogP contribution in [0.3, 0.4) is 0 Å². The molecule has 0 rings (SSSR count). The Morgan fingerprint density at radius 3 is 2.00 bits per heavy atom. The van der Waals surface area contributed by atoms with Crippen molar-refractivity contribution in [3.63, 3.8) is 0 Å². The molecule has 0 saturated carbocycles. The molecular weight excluding hydrogens is 277 g/mol. The van der Waals surface area contributed by atoms with E-state index < -0.39 is 36.4 Å². The maximum atomic E-state index is 12.0. The zero-order valence-electron chi connectivity index (χ0n) is 12.2. The molecule has 0 aromatic carbocycles. The number of rotatable bonds is 4. The predicted molar refractivity (Wildman–Crippen MR) is 67.1 cm³/mol. The molecule has 5 nitrogen and oxygen atoms in total. The zero-order valence-corrected chi connectivity index (χ0v) is 12.2. The van der Waals surface area contributed by atoms with Gasteiger partial charge in [-0.3, -0.25) is 0 Å². The van der Waals surface area contributed by atoms with Crippen molar-refractivity contribution in [1.82, 2.24) is 10.6 Å². The summed E-state index contributed by atoms with van der Waals surface area (Å²) in [4.78, 5) is 23.2. The predicted octanol–water partition coefficient (Wildman–Crippen LogP) is 2.21. The van der Waals surface area contributed by atoms with Gasteiger partial charge in [-0.25, -0.2) is 9.59 Å². The first-order valence-electron chi connectivity index (χ1n) is 6.16. The van der Waals surface area contributed by atoms with E-state index in [1.165, 1.54) is 0 Å². The van der Waals surface area contributed by atoms with E-state index in [1.54, 1.807) is 39.9 Å². The van der Waals surface area contributed by atoms with Gasteiger partial charge < -0.3 is 15.4 Å². The van der Waals surface area contributed by atoms with E-state index in [-0.39, 0.29) is 5.92 Å². The molecule has 0 aliphatic rings. The Balaban J connectivity index is 4.56. The molecule has 1 atom stereocenters. The molecule has 20 heavy (non-hydrogen) atoms. The molecule has 0 aromatic heterocycles. The van der Waals surface area contributed by atoms with Gasteiger partial charge in [0, 0.05) is 0 Å². The topological polar surface area (TPSA) is 67.4 Å². The normalized spacial score (nSPS) is 13.8. The molecule has 0 aliphatic carbocycles. The summed E-state index contributed by atoms with van der Waals surface area (Å²) in [5.74, 6) is -1.00. The summed E-state index contributed by atoms with van der Waals surface area (Å²) >= 11 is 0. The van der Waals surface area contributed by atoms with Crippen LogP contribution < -0.4 is 10.6 Å². The number of ether oxygens (including phenoxy) is 1. The van der Waals surface area contributed by atoms with Gasteiger partial charge in [-0.05, 0) is 26.7 Å². The van der Waals surface area contributed by atoms with Gasteiger partial charge in [0.25, 0.3) is 0 Å². The maximum Gasteiger partial charge on any atom is 0.405 e. The molecule has 8 heteroatoms. The molecule has 2 amide bonds. The zero-order chi connectivity index (χ0) is 16.1. The number of carbonyl (C=O) groups is 2. The summed E-state index contributed by atoms with van der Waals surface area (Å²) in [6.07, 6.45) is -4.50. The average molecular weight is 298 g/mol. The molecule has 0 spiro atoms. The van der Waals surface area contributed by atoms with Crippen LogP contribution in [0.2, 0.25) is 0 Å². The Morgan fingerprint density at radius 1 is 1.15 bits per heavy atom. The van der Waals surface area contributed by atoms with Gasteiger partial charge in [0.2, 0.25) is 0 Å². The van der Waals surface area contributed by atoms with Crippen LogP contribution >= 0.6 is 0 Å². The van der Waals surface area contributed by atoms with Crippen molar-refractivity contribution in [2.75, 3.05) is 6.54 Å². The Kier molecular flexibility index (Phi) is 6.31. The van der Waals surface area contributed by atoms with E-state index in [9.17, 15) is 22.8 Å². The van der Waals surface area contributed by atoms with E-state index in [2.05, 4.69) is 5.32 Å². The Morgan fingerprint density at radius 2 is 1.65 bits per heavy atom. The lowest BCUT2D eigenvalue weighted by molar-refractivity contribution is -0.158. The molecule has 0 saturated heterocycles. The van der Waals surface area contributed by atoms with E-state index in [4.69, 9.17) is 4.74 Å². The monoisotopic (exact) mass is 298 g/mol. The molecule has 0 fully saturated rings. The van der Waals surface area contributed by atoms with E-state index in [0.29, 0.717) is 0 Å². The fraction of sp³-hybridized carbons (Fsp3) is 0.833. The fourth-order valence-corrected chi connectivity index (χ4v) is 1.24. The molecule has 0 aromatic rings. The third-order valence-corrected chi connectivity index (χ3v) is 2.06. The summed E-state index contributed by atoms with van der Waals surface area (Å²) in [5.41, 5.74) is -0.742. The smallest absolute Gasteiger partial charge is 0.405 e. The fourth-order valence-electron chi connectivity index (χ4n) is 1.24. The Labute approximate surface area is 116 Å². The number of carbonyl (C=O) groups excluding carboxylic acids is 2. The number of halogens is 3. The third kappa shape index (κ3) is 8.60. The SMILES string of the molecule is CC(C)[C@H](NC(=O)NCC(F)(F)F)C(=O)OC(C)(C)C. The molecule has 0 aliphatic heterocycles. The van der Waals surface area contributed by atoms with Crippen molar-refractivity contribution in [3.05, 3.63) is 0 Å². The molecule has 118 valence electrons. The second-order valence-corrected chi connectivity index (χ2v) is 5.70. The number of amides is 2. The molecule has 2 N–H and O–H groups in total. The summed E-state index contributed by atoms with van der Waals surface area (Å²) in [6.45, 7) is 6.82. The Bertz CT molecular complexity index is 349. The second kappa shape index (κ2) is 6.81. The third-order valence-electron chi connectivity index (χ3n) is 2.06. The summed E-state index contributed by atoms with van der Waals surface area (Å²) in [6, 6.07) is -2.07. The van der Waals surface area contributed by atoms with Crippen LogP contribution in [-0.4, -0.2) is 36.4 Å². The van der Waals surface area contributed by atoms with Crippen LogP contribution in [0.15, 0.2) is 0 Å². The number of esters is 1. The van der Waals surface area contributed by atoms with Crippen LogP contribution in [0.25, 0.3) is 0 Å². The van der Waals surface area contributed by atoms with Crippen molar-refractivity contribution >= 4 is 12.0 Å². The molecule has 0 heterocycles. The number of hydrogen-bond donors (Lipinski definition) is 2. The second-order valence-electron chi connectivity index (χ2n) is 5.70. The van der Waals surface area contributed by atoms with Gasteiger partial charge >= 0.3 is 18.2 Å². The minimum Gasteiger partial charge on any atom is -0.458 e. The van der Waals surface area contributed by atoms with E-state index in [1.807, 2.05) is 0 Å². The highest BCUT2D eigenvalue weighted by atomic mass is 19.4. The van der Waals surface area contributed by atoms with Crippen molar-refractivity contribution < 1.29 is 27.5 Å². The highest BCUT2D eigenvalue weighted by Gasteiger charge is 2.31. The Hall–Kier alpha value is -1.47. The van der Waals surface area contributed by atoms with Crippen LogP contribution in [-0.2, 0) is 9.53 Å². The van der Waals surface area contributed by atoms with Crippen molar-refractivity contribution in [3.8, 4) is 0 Å². The first-order valence-corrected chi connectivity index (χ1v) is 6.16. The summed E-state index contributed by atoms with van der Waals surface area (Å²) in [7, 11) is 0. The number of nitrogens with one attached hydrogen (secondary N) is 2. The highest BCUT2D eigenvalue weighted by Crippen LogP contribution is 2.13. The molecular formula is C12H21F3N2O3. The van der Waals surface area contributed by atoms with Gasteiger partial charge in [-0.2, -0.15) is 13.2 Å². The standard InChI is InChI=1S/C12H21F3N2O3/c1-7(2)8(9(18)20-11(3,4)5)17-10(19)16-6-12(13,14)15/h7-8H,6H2,1-5H3,(H2,16,17,19)/t8-/m0/s1. The molecule has 0 bridgehead atoms. The lowest BCUT2D eigenvalue weighted by Crippen LogP contribution is -2.51. The van der Waals surface area contributed by atoms with Crippen LogP contribution in [0.1, 0.15) is 34.6 Å². The molecule has 0 unspecified atom stereocenters. The van der Waals surface area contributed by atoms with Crippen molar-refractivity contribution in [1.29, 1.82) is 0 Å². The highest BCUT2D eigenvalue weighted by molar-refractivity contribution is 5.84. The molecule has 0 radical (unpaired) electrons. The van der Waals surface area contributed by atoms with Crippen LogP contribution in [0, 0.1) is 5.92 Å². The summed E-state index contributed by atoms with van der Waals surface area (Å²) in [5, 5.41) is 3.83. The van der Waals surface area contributed by atoms with Crippen molar-refractivity contribution in [2.24, 2.45) is 5.92 Å². The van der Waals surface area contributed by atoms with Gasteiger partial charge in [0.15, 0.2) is 0 Å². The van der Waals surface area contributed by atoms with Gasteiger partial charge in [0.1, 0.15) is 18.2 Å². The van der Waals surface area contributed by atoms with Crippen LogP contribution in [0.4, 0.5) is 18.0 Å².